The molecule has 4 aromatic heterocycles. The van der Waals surface area contributed by atoms with Crippen molar-refractivity contribution in [2.45, 2.75) is 0 Å². The van der Waals surface area contributed by atoms with Gasteiger partial charge in [0, 0.05) is 33.7 Å². The van der Waals surface area contributed by atoms with E-state index in [1.165, 1.54) is 0 Å². The molecule has 0 aliphatic heterocycles. The molecule has 0 saturated carbocycles. The summed E-state index contributed by atoms with van der Waals surface area (Å²) in [4.78, 5) is 15.2. The van der Waals surface area contributed by atoms with Gasteiger partial charge in [0.1, 0.15) is 11.2 Å². The fraction of sp³-hybridized carbons (Fsp3) is 0. The van der Waals surface area contributed by atoms with Crippen LogP contribution in [0.5, 0.6) is 0 Å². The van der Waals surface area contributed by atoms with Crippen LogP contribution in [-0.4, -0.2) is 19.4 Å². The molecule has 0 saturated heterocycles. The topological polar surface area (TPSA) is 43.1 Å². The maximum atomic E-state index is 5.21. The molecule has 0 aliphatic carbocycles. The van der Waals surface area contributed by atoms with Crippen LogP contribution in [0.25, 0.3) is 72.5 Å². The van der Waals surface area contributed by atoms with Crippen LogP contribution in [0.15, 0.2) is 146 Å². The van der Waals surface area contributed by atoms with E-state index in [0.29, 0.717) is 0 Å². The van der Waals surface area contributed by atoms with Crippen molar-refractivity contribution in [3.05, 3.63) is 146 Å². The number of aromatic nitrogens is 4. The van der Waals surface area contributed by atoms with E-state index < -0.39 is 0 Å². The summed E-state index contributed by atoms with van der Waals surface area (Å²) < 4.78 is 2.07. The first-order chi connectivity index (χ1) is 20.3. The van der Waals surface area contributed by atoms with Crippen LogP contribution in [0.2, 0.25) is 0 Å². The van der Waals surface area contributed by atoms with Gasteiger partial charge in [-0.15, -0.1) is 0 Å². The van der Waals surface area contributed by atoms with E-state index in [0.717, 1.165) is 72.5 Å². The van der Waals surface area contributed by atoms with Crippen LogP contribution in [0.1, 0.15) is 0 Å². The number of hydrogen-bond acceptors (Lipinski definition) is 3. The van der Waals surface area contributed by atoms with E-state index >= 15 is 0 Å². The normalized spacial score (nSPS) is 11.4. The van der Waals surface area contributed by atoms with Gasteiger partial charge in [0.05, 0.1) is 17.1 Å². The Balaban J connectivity index is 1.34. The predicted molar refractivity (Wildman–Crippen MR) is 168 cm³/mol. The first kappa shape index (κ1) is 23.3. The van der Waals surface area contributed by atoms with Gasteiger partial charge in [0.2, 0.25) is 0 Å². The lowest BCUT2D eigenvalue weighted by Gasteiger charge is -2.12. The van der Waals surface area contributed by atoms with Crippen LogP contribution in [0.4, 0.5) is 0 Å². The summed E-state index contributed by atoms with van der Waals surface area (Å²) in [5.74, 6) is 0. The number of pyridine rings is 3. The Labute approximate surface area is 237 Å². The summed E-state index contributed by atoms with van der Waals surface area (Å²) in [5.41, 5.74) is 11.0. The average molecular weight is 525 g/mol. The fourth-order valence-electron chi connectivity index (χ4n) is 5.61. The molecule has 4 aromatic carbocycles. The average Bonchev–Trinajstić information content (AvgIpc) is 3.44. The lowest BCUT2D eigenvalue weighted by atomic mass is 9.96. The smallest absolute Gasteiger partial charge is 0.165 e. The zero-order chi connectivity index (χ0) is 27.2. The molecule has 0 atom stereocenters. The maximum absolute atomic E-state index is 5.21. The predicted octanol–water partition coefficient (Wildman–Crippen LogP) is 9.10. The quantitative estimate of drug-likeness (QED) is 0.231. The Morgan fingerprint density at radius 2 is 1.02 bits per heavy atom. The molecule has 0 spiro atoms. The molecule has 0 bridgehead atoms. The fourth-order valence-corrected chi connectivity index (χ4v) is 5.61. The van der Waals surface area contributed by atoms with E-state index in [-0.39, 0.29) is 0 Å². The summed E-state index contributed by atoms with van der Waals surface area (Å²) in [6.45, 7) is 0. The highest BCUT2D eigenvalue weighted by molar-refractivity contribution is 6.09. The number of imidazole rings is 1. The van der Waals surface area contributed by atoms with Crippen LogP contribution in [0, 0.1) is 0 Å². The van der Waals surface area contributed by atoms with Crippen molar-refractivity contribution in [3.63, 3.8) is 0 Å². The van der Waals surface area contributed by atoms with Gasteiger partial charge in [0.15, 0.2) is 5.65 Å². The second-order valence-corrected chi connectivity index (χ2v) is 10.2. The Bertz CT molecular complexity index is 2140. The third-order valence-corrected chi connectivity index (χ3v) is 7.59. The van der Waals surface area contributed by atoms with Crippen molar-refractivity contribution >= 4 is 27.6 Å². The third-order valence-electron chi connectivity index (χ3n) is 7.59. The Hall–Kier alpha value is -5.61. The standard InChI is InChI=1S/C37H24N4/c1-3-12-25(13-4-1)32-23-29(24-33(38-32)26-14-5-2-6-15-26)27-16-11-17-28(22-27)35-30-18-7-8-19-31(30)36-37(40-35)41-21-10-9-20-34(41)39-36/h1-24H. The number of fused-ring (bicyclic) bond motifs is 5. The van der Waals surface area contributed by atoms with Crippen molar-refractivity contribution in [2.75, 3.05) is 0 Å². The van der Waals surface area contributed by atoms with Gasteiger partial charge in [0.25, 0.3) is 0 Å². The third kappa shape index (κ3) is 4.05. The van der Waals surface area contributed by atoms with Gasteiger partial charge in [-0.2, -0.15) is 0 Å². The lowest BCUT2D eigenvalue weighted by molar-refractivity contribution is 1.19. The highest BCUT2D eigenvalue weighted by Gasteiger charge is 2.16. The van der Waals surface area contributed by atoms with E-state index in [9.17, 15) is 0 Å². The largest absolute Gasteiger partial charge is 0.284 e. The molecule has 8 rings (SSSR count). The molecular weight excluding hydrogens is 500 g/mol. The summed E-state index contributed by atoms with van der Waals surface area (Å²) >= 11 is 0. The Morgan fingerprint density at radius 3 is 1.76 bits per heavy atom. The zero-order valence-corrected chi connectivity index (χ0v) is 22.1. The van der Waals surface area contributed by atoms with Crippen molar-refractivity contribution in [1.82, 2.24) is 19.4 Å². The highest BCUT2D eigenvalue weighted by Crippen LogP contribution is 2.36. The molecule has 0 fully saturated rings. The van der Waals surface area contributed by atoms with Crippen LogP contribution in [0.3, 0.4) is 0 Å². The van der Waals surface area contributed by atoms with Gasteiger partial charge < -0.3 is 0 Å². The minimum Gasteiger partial charge on any atom is -0.284 e. The molecule has 0 radical (unpaired) electrons. The maximum Gasteiger partial charge on any atom is 0.165 e. The molecule has 0 aliphatic rings. The second-order valence-electron chi connectivity index (χ2n) is 10.2. The van der Waals surface area contributed by atoms with Crippen LogP contribution < -0.4 is 0 Å². The van der Waals surface area contributed by atoms with E-state index in [1.807, 2.05) is 36.5 Å². The van der Waals surface area contributed by atoms with E-state index in [2.05, 4.69) is 114 Å². The summed E-state index contributed by atoms with van der Waals surface area (Å²) in [5, 5.41) is 2.19. The molecule has 4 heterocycles. The summed E-state index contributed by atoms with van der Waals surface area (Å²) in [7, 11) is 0. The SMILES string of the molecule is c1ccc(-c2cc(-c3cccc(-c4nc5c(nc6ccccn65)c5ccccc45)c3)cc(-c3ccccc3)n2)cc1. The van der Waals surface area contributed by atoms with Gasteiger partial charge in [-0.3, -0.25) is 4.40 Å². The van der Waals surface area contributed by atoms with Gasteiger partial charge in [-0.1, -0.05) is 109 Å². The monoisotopic (exact) mass is 524 g/mol. The Kier molecular flexibility index (Phi) is 5.42. The highest BCUT2D eigenvalue weighted by atomic mass is 15.1. The molecule has 192 valence electrons. The Morgan fingerprint density at radius 1 is 0.415 bits per heavy atom. The van der Waals surface area contributed by atoms with Crippen molar-refractivity contribution in [1.29, 1.82) is 0 Å². The van der Waals surface area contributed by atoms with Crippen molar-refractivity contribution in [3.8, 4) is 44.9 Å². The zero-order valence-electron chi connectivity index (χ0n) is 22.1. The number of hydrogen-bond donors (Lipinski definition) is 0. The molecular formula is C37H24N4. The van der Waals surface area contributed by atoms with Crippen molar-refractivity contribution in [2.24, 2.45) is 0 Å². The molecule has 4 heteroatoms. The number of nitrogens with zero attached hydrogens (tertiary/aromatic N) is 4. The van der Waals surface area contributed by atoms with Gasteiger partial charge in [-0.05, 0) is 41.5 Å². The van der Waals surface area contributed by atoms with Crippen molar-refractivity contribution < 1.29 is 0 Å². The molecule has 0 amide bonds. The molecule has 4 nitrogen and oxygen atoms in total. The molecule has 0 unspecified atom stereocenters. The minimum absolute atomic E-state index is 0.862. The first-order valence-corrected chi connectivity index (χ1v) is 13.7. The van der Waals surface area contributed by atoms with Gasteiger partial charge >= 0.3 is 0 Å². The summed E-state index contributed by atoms with van der Waals surface area (Å²) in [6, 6.07) is 48.2. The van der Waals surface area contributed by atoms with E-state index in [4.69, 9.17) is 15.0 Å². The van der Waals surface area contributed by atoms with Gasteiger partial charge in [-0.25, -0.2) is 15.0 Å². The second kappa shape index (κ2) is 9.54. The molecule has 41 heavy (non-hydrogen) atoms. The first-order valence-electron chi connectivity index (χ1n) is 13.7. The van der Waals surface area contributed by atoms with E-state index in [1.54, 1.807) is 0 Å². The summed E-state index contributed by atoms with van der Waals surface area (Å²) in [6.07, 6.45) is 2.03. The molecule has 8 aromatic rings. The lowest BCUT2D eigenvalue weighted by Crippen LogP contribution is -1.93. The molecule has 0 N–H and O–H groups in total. The number of rotatable bonds is 4. The minimum atomic E-state index is 0.862. The van der Waals surface area contributed by atoms with Crippen LogP contribution in [-0.2, 0) is 0 Å². The number of benzene rings is 4. The van der Waals surface area contributed by atoms with Crippen LogP contribution >= 0.6 is 0 Å².